The van der Waals surface area contributed by atoms with Gasteiger partial charge in [-0.05, 0) is 24.3 Å². The summed E-state index contributed by atoms with van der Waals surface area (Å²) in [4.78, 5) is 27.0. The summed E-state index contributed by atoms with van der Waals surface area (Å²) in [6.07, 6.45) is 0. The molecule has 0 atom stereocenters. The molecule has 0 bridgehead atoms. The van der Waals surface area contributed by atoms with Crippen LogP contribution in [0.3, 0.4) is 0 Å². The second kappa shape index (κ2) is 8.79. The third-order valence-corrected chi connectivity index (χ3v) is 4.57. The summed E-state index contributed by atoms with van der Waals surface area (Å²) in [5, 5.41) is -0.512. The molecule has 0 saturated heterocycles. The zero-order valence-corrected chi connectivity index (χ0v) is 16.2. The van der Waals surface area contributed by atoms with E-state index in [0.29, 0.717) is 24.3 Å². The van der Waals surface area contributed by atoms with E-state index in [4.69, 9.17) is 23.2 Å². The quantitative estimate of drug-likeness (QED) is 0.514. The van der Waals surface area contributed by atoms with Crippen LogP contribution in [-0.2, 0) is 0 Å². The predicted molar refractivity (Wildman–Crippen MR) is 96.7 cm³/mol. The van der Waals surface area contributed by atoms with Crippen molar-refractivity contribution in [1.29, 1.82) is 0 Å². The average molecular weight is 437 g/mol. The van der Waals surface area contributed by atoms with Crippen LogP contribution in [0.5, 0.6) is 0 Å². The third kappa shape index (κ3) is 4.74. The van der Waals surface area contributed by atoms with Crippen LogP contribution in [0.2, 0.25) is 10.0 Å². The number of hydrogen-bond donors (Lipinski definition) is 0. The molecule has 0 aliphatic rings. The lowest BCUT2D eigenvalue weighted by Crippen LogP contribution is -2.37. The Balaban J connectivity index is 2.07. The van der Waals surface area contributed by atoms with E-state index in [0.717, 1.165) is 9.80 Å². The van der Waals surface area contributed by atoms with Crippen LogP contribution in [0.15, 0.2) is 24.3 Å². The van der Waals surface area contributed by atoms with Crippen molar-refractivity contribution < 1.29 is 27.2 Å². The summed E-state index contributed by atoms with van der Waals surface area (Å²) in [7, 11) is 2.76. The normalized spacial score (nSPS) is 10.7. The first-order chi connectivity index (χ1) is 13.0. The number of hydrogen-bond acceptors (Lipinski definition) is 2. The minimum atomic E-state index is -1.22. The molecule has 2 amide bonds. The van der Waals surface area contributed by atoms with Gasteiger partial charge in [-0.1, -0.05) is 23.2 Å². The maximum Gasteiger partial charge on any atom is 0.255 e. The van der Waals surface area contributed by atoms with Crippen LogP contribution in [0.4, 0.5) is 17.6 Å². The van der Waals surface area contributed by atoms with Gasteiger partial charge in [0, 0.05) is 27.2 Å². The molecule has 0 aromatic heterocycles. The van der Waals surface area contributed by atoms with Crippen LogP contribution in [0.1, 0.15) is 20.7 Å². The summed E-state index contributed by atoms with van der Waals surface area (Å²) in [6.45, 7) is -0.00458. The molecule has 2 aromatic carbocycles. The second-order valence-electron chi connectivity index (χ2n) is 5.95. The van der Waals surface area contributed by atoms with Gasteiger partial charge in [-0.2, -0.15) is 0 Å². The molecule has 2 rings (SSSR count). The molecule has 4 nitrogen and oxygen atoms in total. The fourth-order valence-corrected chi connectivity index (χ4v) is 2.75. The van der Waals surface area contributed by atoms with Gasteiger partial charge in [-0.25, -0.2) is 17.6 Å². The van der Waals surface area contributed by atoms with Gasteiger partial charge in [0.1, 0.15) is 0 Å². The van der Waals surface area contributed by atoms with E-state index in [1.54, 1.807) is 0 Å². The van der Waals surface area contributed by atoms with Crippen molar-refractivity contribution in [2.45, 2.75) is 0 Å². The van der Waals surface area contributed by atoms with Crippen LogP contribution in [-0.4, -0.2) is 48.8 Å². The summed E-state index contributed by atoms with van der Waals surface area (Å²) in [6, 6.07) is 2.76. The van der Waals surface area contributed by atoms with E-state index >= 15 is 0 Å². The highest BCUT2D eigenvalue weighted by atomic mass is 35.5. The topological polar surface area (TPSA) is 40.6 Å². The van der Waals surface area contributed by atoms with Crippen molar-refractivity contribution in [2.75, 3.05) is 27.2 Å². The molecule has 0 saturated carbocycles. The summed E-state index contributed by atoms with van der Waals surface area (Å²) in [5.41, 5.74) is -0.471. The highest BCUT2D eigenvalue weighted by Gasteiger charge is 2.21. The number of rotatable bonds is 5. The highest BCUT2D eigenvalue weighted by molar-refractivity contribution is 6.34. The van der Waals surface area contributed by atoms with Gasteiger partial charge >= 0.3 is 0 Å². The summed E-state index contributed by atoms with van der Waals surface area (Å²) < 4.78 is 53.0. The predicted octanol–water partition coefficient (Wildman–Crippen LogP) is 4.39. The monoisotopic (exact) mass is 436 g/mol. The highest BCUT2D eigenvalue weighted by Crippen LogP contribution is 2.22. The van der Waals surface area contributed by atoms with Crippen LogP contribution in [0.25, 0.3) is 0 Å². The minimum Gasteiger partial charge on any atom is -0.340 e. The van der Waals surface area contributed by atoms with Crippen molar-refractivity contribution in [3.8, 4) is 0 Å². The maximum absolute atomic E-state index is 13.4. The van der Waals surface area contributed by atoms with Crippen molar-refractivity contribution in [3.05, 3.63) is 68.7 Å². The minimum absolute atomic E-state index is 0.00229. The molecule has 0 radical (unpaired) electrons. The maximum atomic E-state index is 13.4. The number of benzene rings is 2. The van der Waals surface area contributed by atoms with Gasteiger partial charge in [0.15, 0.2) is 23.3 Å². The first-order valence-electron chi connectivity index (χ1n) is 7.83. The van der Waals surface area contributed by atoms with Crippen LogP contribution >= 0.6 is 23.2 Å². The number of carbonyl (C=O) groups excluding carboxylic acids is 2. The van der Waals surface area contributed by atoms with E-state index in [1.807, 2.05) is 0 Å². The van der Waals surface area contributed by atoms with Crippen molar-refractivity contribution >= 4 is 35.0 Å². The molecule has 10 heteroatoms. The Labute approximate surface area is 168 Å². The summed E-state index contributed by atoms with van der Waals surface area (Å²) in [5.74, 6) is -6.18. The molecule has 2 aromatic rings. The molecule has 0 aliphatic carbocycles. The smallest absolute Gasteiger partial charge is 0.255 e. The number of amides is 2. The number of carbonyl (C=O) groups is 2. The van der Waals surface area contributed by atoms with E-state index in [-0.39, 0.29) is 34.3 Å². The zero-order valence-electron chi connectivity index (χ0n) is 14.7. The van der Waals surface area contributed by atoms with Crippen LogP contribution in [0, 0.1) is 23.3 Å². The standard InChI is InChI=1S/C18H14Cl2F4N2O2/c1-25(17(27)9-5-13(21)15(23)7-11(9)19)3-4-26(2)18(28)10-6-14(22)16(24)8-12(10)20/h5-8H,3-4H2,1-2H3. The lowest BCUT2D eigenvalue weighted by molar-refractivity contribution is 0.0718. The molecule has 0 N–H and O–H groups in total. The SMILES string of the molecule is CN(CCN(C)C(=O)c1cc(F)c(F)cc1Cl)C(=O)c1cc(F)c(F)cc1Cl. The van der Waals surface area contributed by atoms with Gasteiger partial charge < -0.3 is 9.80 Å². The molecular weight excluding hydrogens is 423 g/mol. The Morgan fingerprint density at radius 1 is 0.714 bits per heavy atom. The second-order valence-corrected chi connectivity index (χ2v) is 6.76. The Morgan fingerprint density at radius 3 is 1.32 bits per heavy atom. The number of halogens is 6. The van der Waals surface area contributed by atoms with Gasteiger partial charge in [-0.3, -0.25) is 9.59 Å². The Morgan fingerprint density at radius 2 is 1.00 bits per heavy atom. The van der Waals surface area contributed by atoms with Crippen molar-refractivity contribution in [1.82, 2.24) is 9.80 Å². The van der Waals surface area contributed by atoms with E-state index < -0.39 is 35.1 Å². The molecule has 0 aliphatic heterocycles. The van der Waals surface area contributed by atoms with E-state index in [1.165, 1.54) is 14.1 Å². The van der Waals surface area contributed by atoms with Crippen LogP contribution < -0.4 is 0 Å². The molecule has 0 heterocycles. The molecule has 0 spiro atoms. The summed E-state index contributed by atoms with van der Waals surface area (Å²) >= 11 is 11.6. The van der Waals surface area contributed by atoms with Crippen molar-refractivity contribution in [3.63, 3.8) is 0 Å². The molecule has 28 heavy (non-hydrogen) atoms. The fourth-order valence-electron chi connectivity index (χ4n) is 2.29. The van der Waals surface area contributed by atoms with Gasteiger partial charge in [-0.15, -0.1) is 0 Å². The number of nitrogens with zero attached hydrogens (tertiary/aromatic N) is 2. The van der Waals surface area contributed by atoms with Gasteiger partial charge in [0.25, 0.3) is 11.8 Å². The third-order valence-electron chi connectivity index (χ3n) is 3.94. The molecule has 0 fully saturated rings. The lowest BCUT2D eigenvalue weighted by Gasteiger charge is -2.23. The van der Waals surface area contributed by atoms with E-state index in [9.17, 15) is 27.2 Å². The zero-order chi connectivity index (χ0) is 21.2. The average Bonchev–Trinajstić information content (AvgIpc) is 2.64. The lowest BCUT2D eigenvalue weighted by atomic mass is 10.1. The number of likely N-dealkylation sites (N-methyl/N-ethyl adjacent to an activating group) is 2. The Hall–Kier alpha value is -2.32. The molecule has 0 unspecified atom stereocenters. The van der Waals surface area contributed by atoms with Gasteiger partial charge in [0.2, 0.25) is 0 Å². The molecule has 150 valence electrons. The van der Waals surface area contributed by atoms with Gasteiger partial charge in [0.05, 0.1) is 21.2 Å². The first-order valence-corrected chi connectivity index (χ1v) is 8.58. The molecular formula is C18H14Cl2F4N2O2. The largest absolute Gasteiger partial charge is 0.340 e. The first kappa shape index (κ1) is 22.0. The fraction of sp³-hybridized carbons (Fsp3) is 0.222. The van der Waals surface area contributed by atoms with E-state index in [2.05, 4.69) is 0 Å². The Kier molecular flexibility index (Phi) is 6.90. The van der Waals surface area contributed by atoms with Crippen molar-refractivity contribution in [2.24, 2.45) is 0 Å². The Bertz CT molecular complexity index is 865.